The second kappa shape index (κ2) is 5.68. The van der Waals surface area contributed by atoms with Crippen LogP contribution in [0.5, 0.6) is 0 Å². The molecule has 0 aromatic carbocycles. The van der Waals surface area contributed by atoms with E-state index in [0.717, 1.165) is 5.69 Å². The van der Waals surface area contributed by atoms with Crippen molar-refractivity contribution in [3.05, 3.63) is 24.0 Å². The number of imide groups is 1. The summed E-state index contributed by atoms with van der Waals surface area (Å²) >= 11 is 0. The van der Waals surface area contributed by atoms with Gasteiger partial charge < -0.3 is 10.2 Å². The van der Waals surface area contributed by atoms with Crippen molar-refractivity contribution >= 4 is 23.4 Å². The highest BCUT2D eigenvalue weighted by Crippen LogP contribution is 2.14. The SMILES string of the molecule is CCC1C(=O)NC(=O)CN1C(=O)c1ccc(NC)cn1. The van der Waals surface area contributed by atoms with E-state index in [4.69, 9.17) is 0 Å². The second-order valence-electron chi connectivity index (χ2n) is 4.45. The Labute approximate surface area is 116 Å². The fourth-order valence-corrected chi connectivity index (χ4v) is 2.10. The number of carbonyl (C=O) groups excluding carboxylic acids is 3. The molecule has 2 rings (SSSR count). The minimum atomic E-state index is -0.633. The number of aromatic nitrogens is 1. The van der Waals surface area contributed by atoms with Gasteiger partial charge in [-0.3, -0.25) is 19.7 Å². The van der Waals surface area contributed by atoms with Crippen LogP contribution in [0.3, 0.4) is 0 Å². The van der Waals surface area contributed by atoms with E-state index in [9.17, 15) is 14.4 Å². The number of hydrogen-bond donors (Lipinski definition) is 2. The van der Waals surface area contributed by atoms with Gasteiger partial charge in [0.25, 0.3) is 5.91 Å². The summed E-state index contributed by atoms with van der Waals surface area (Å²) in [6.07, 6.45) is 1.97. The molecule has 1 unspecified atom stereocenters. The van der Waals surface area contributed by atoms with Crippen LogP contribution in [0, 0.1) is 0 Å². The Morgan fingerprint density at radius 1 is 1.50 bits per heavy atom. The first-order valence-electron chi connectivity index (χ1n) is 6.35. The average Bonchev–Trinajstić information content (AvgIpc) is 2.46. The molecule has 1 fully saturated rings. The summed E-state index contributed by atoms with van der Waals surface area (Å²) in [6, 6.07) is 2.65. The van der Waals surface area contributed by atoms with Gasteiger partial charge in [-0.15, -0.1) is 0 Å². The van der Waals surface area contributed by atoms with Crippen LogP contribution in [0.25, 0.3) is 0 Å². The molecule has 1 aromatic heterocycles. The van der Waals surface area contributed by atoms with Crippen molar-refractivity contribution in [2.45, 2.75) is 19.4 Å². The molecule has 0 aliphatic carbocycles. The smallest absolute Gasteiger partial charge is 0.273 e. The van der Waals surface area contributed by atoms with E-state index < -0.39 is 23.8 Å². The van der Waals surface area contributed by atoms with Crippen LogP contribution in [-0.2, 0) is 9.59 Å². The molecule has 1 aliphatic rings. The highest BCUT2D eigenvalue weighted by atomic mass is 16.2. The minimum Gasteiger partial charge on any atom is -0.387 e. The van der Waals surface area contributed by atoms with Crippen molar-refractivity contribution in [1.29, 1.82) is 0 Å². The third-order valence-electron chi connectivity index (χ3n) is 3.17. The summed E-state index contributed by atoms with van der Waals surface area (Å²) in [5.74, 6) is -1.33. The Kier molecular flexibility index (Phi) is 3.97. The summed E-state index contributed by atoms with van der Waals surface area (Å²) < 4.78 is 0. The average molecular weight is 276 g/mol. The summed E-state index contributed by atoms with van der Waals surface area (Å²) in [4.78, 5) is 40.8. The van der Waals surface area contributed by atoms with Gasteiger partial charge in [0.15, 0.2) is 0 Å². The molecule has 7 nitrogen and oxygen atoms in total. The number of nitrogens with one attached hydrogen (secondary N) is 2. The summed E-state index contributed by atoms with van der Waals surface area (Å²) in [5.41, 5.74) is 0.992. The van der Waals surface area contributed by atoms with Crippen molar-refractivity contribution in [2.75, 3.05) is 18.9 Å². The molecule has 0 saturated carbocycles. The molecule has 2 heterocycles. The van der Waals surface area contributed by atoms with Gasteiger partial charge >= 0.3 is 0 Å². The molecule has 1 aliphatic heterocycles. The van der Waals surface area contributed by atoms with E-state index in [2.05, 4.69) is 15.6 Å². The zero-order chi connectivity index (χ0) is 14.7. The van der Waals surface area contributed by atoms with Crippen molar-refractivity contribution in [3.63, 3.8) is 0 Å². The van der Waals surface area contributed by atoms with Gasteiger partial charge in [0.2, 0.25) is 11.8 Å². The Bertz CT molecular complexity index is 541. The van der Waals surface area contributed by atoms with E-state index in [1.165, 1.54) is 11.1 Å². The molecule has 7 heteroatoms. The van der Waals surface area contributed by atoms with Gasteiger partial charge in [-0.2, -0.15) is 0 Å². The van der Waals surface area contributed by atoms with Crippen LogP contribution < -0.4 is 10.6 Å². The van der Waals surface area contributed by atoms with Crippen molar-refractivity contribution < 1.29 is 14.4 Å². The lowest BCUT2D eigenvalue weighted by atomic mass is 10.1. The predicted molar refractivity (Wildman–Crippen MR) is 72.0 cm³/mol. The quantitative estimate of drug-likeness (QED) is 0.758. The fourth-order valence-electron chi connectivity index (χ4n) is 2.10. The van der Waals surface area contributed by atoms with Gasteiger partial charge in [0, 0.05) is 7.05 Å². The molecule has 0 spiro atoms. The molecule has 20 heavy (non-hydrogen) atoms. The van der Waals surface area contributed by atoms with Crippen molar-refractivity contribution in [3.8, 4) is 0 Å². The molecule has 106 valence electrons. The van der Waals surface area contributed by atoms with E-state index in [1.54, 1.807) is 26.1 Å². The van der Waals surface area contributed by atoms with Gasteiger partial charge in [-0.25, -0.2) is 4.98 Å². The molecular formula is C13H16N4O3. The number of carbonyl (C=O) groups is 3. The van der Waals surface area contributed by atoms with Crippen LogP contribution in [-0.4, -0.2) is 47.2 Å². The van der Waals surface area contributed by atoms with E-state index in [-0.39, 0.29) is 12.2 Å². The minimum absolute atomic E-state index is 0.126. The van der Waals surface area contributed by atoms with Crippen LogP contribution in [0.2, 0.25) is 0 Å². The molecule has 3 amide bonds. The normalized spacial score (nSPS) is 18.7. The molecule has 1 saturated heterocycles. The maximum Gasteiger partial charge on any atom is 0.273 e. The standard InChI is InChI=1S/C13H16N4O3/c1-3-10-12(19)16-11(18)7-17(10)13(20)9-5-4-8(14-2)6-15-9/h4-6,10,14H,3,7H2,1-2H3,(H,16,18,19). The number of pyridine rings is 1. The monoisotopic (exact) mass is 276 g/mol. The molecule has 0 radical (unpaired) electrons. The van der Waals surface area contributed by atoms with Crippen molar-refractivity contribution in [1.82, 2.24) is 15.2 Å². The largest absolute Gasteiger partial charge is 0.387 e. The molecular weight excluding hydrogens is 260 g/mol. The molecule has 1 atom stereocenters. The number of piperazine rings is 1. The fraction of sp³-hybridized carbons (Fsp3) is 0.385. The lowest BCUT2D eigenvalue weighted by Crippen LogP contribution is -2.59. The van der Waals surface area contributed by atoms with Crippen molar-refractivity contribution in [2.24, 2.45) is 0 Å². The maximum absolute atomic E-state index is 12.4. The Morgan fingerprint density at radius 2 is 2.25 bits per heavy atom. The summed E-state index contributed by atoms with van der Waals surface area (Å²) in [6.45, 7) is 1.66. The third-order valence-corrected chi connectivity index (χ3v) is 3.17. The predicted octanol–water partition coefficient (Wildman–Crippen LogP) is 0.000500. The van der Waals surface area contributed by atoms with Gasteiger partial charge in [-0.05, 0) is 18.6 Å². The number of anilines is 1. The van der Waals surface area contributed by atoms with Crippen LogP contribution >= 0.6 is 0 Å². The third kappa shape index (κ3) is 2.61. The van der Waals surface area contributed by atoms with Crippen LogP contribution in [0.15, 0.2) is 18.3 Å². The highest BCUT2D eigenvalue weighted by molar-refractivity contribution is 6.06. The zero-order valence-electron chi connectivity index (χ0n) is 11.3. The molecule has 2 N–H and O–H groups in total. The maximum atomic E-state index is 12.4. The Balaban J connectivity index is 2.24. The first-order valence-corrected chi connectivity index (χ1v) is 6.35. The number of amides is 3. The number of nitrogens with zero attached hydrogens (tertiary/aromatic N) is 2. The lowest BCUT2D eigenvalue weighted by Gasteiger charge is -2.33. The summed E-state index contributed by atoms with van der Waals surface area (Å²) in [5, 5.41) is 5.13. The Morgan fingerprint density at radius 3 is 2.80 bits per heavy atom. The van der Waals surface area contributed by atoms with Crippen LogP contribution in [0.1, 0.15) is 23.8 Å². The topological polar surface area (TPSA) is 91.4 Å². The lowest BCUT2D eigenvalue weighted by molar-refractivity contribution is -0.138. The number of hydrogen-bond acceptors (Lipinski definition) is 5. The summed E-state index contributed by atoms with van der Waals surface area (Å²) in [7, 11) is 1.75. The van der Waals surface area contributed by atoms with Gasteiger partial charge in [0.1, 0.15) is 18.3 Å². The second-order valence-corrected chi connectivity index (χ2v) is 4.45. The zero-order valence-corrected chi connectivity index (χ0v) is 11.3. The van der Waals surface area contributed by atoms with E-state index in [0.29, 0.717) is 6.42 Å². The highest BCUT2D eigenvalue weighted by Gasteiger charge is 2.36. The molecule has 1 aromatic rings. The Hall–Kier alpha value is -2.44. The van der Waals surface area contributed by atoms with E-state index >= 15 is 0 Å². The first-order chi connectivity index (χ1) is 9.56. The van der Waals surface area contributed by atoms with Gasteiger partial charge in [-0.1, -0.05) is 6.92 Å². The van der Waals surface area contributed by atoms with Gasteiger partial charge in [0.05, 0.1) is 11.9 Å². The molecule has 0 bridgehead atoms. The number of rotatable bonds is 3. The van der Waals surface area contributed by atoms with Crippen LogP contribution in [0.4, 0.5) is 5.69 Å². The van der Waals surface area contributed by atoms with E-state index in [1.807, 2.05) is 0 Å². The first kappa shape index (κ1) is 14.0.